The maximum absolute atomic E-state index is 12.0. The van der Waals surface area contributed by atoms with E-state index in [1.54, 1.807) is 0 Å². The molecule has 6 nitrogen and oxygen atoms in total. The second kappa shape index (κ2) is 13.4. The third-order valence-electron chi connectivity index (χ3n) is 5.93. The molecule has 0 amide bonds. The summed E-state index contributed by atoms with van der Waals surface area (Å²) in [5.41, 5.74) is 1.45. The third-order valence-corrected chi connectivity index (χ3v) is 5.93. The molecular weight excluding hydrogens is 380 g/mol. The number of aryl methyl sites for hydroxylation is 1. The van der Waals surface area contributed by atoms with Crippen LogP contribution in [-0.4, -0.2) is 35.7 Å². The molecule has 1 aliphatic rings. The van der Waals surface area contributed by atoms with Crippen molar-refractivity contribution < 1.29 is 24.0 Å². The lowest BCUT2D eigenvalue weighted by Crippen LogP contribution is -2.32. The summed E-state index contributed by atoms with van der Waals surface area (Å²) in [6, 6.07) is 3.91. The fourth-order valence-corrected chi connectivity index (χ4v) is 4.06. The number of esters is 1. The Morgan fingerprint density at radius 1 is 1.13 bits per heavy atom. The lowest BCUT2D eigenvalue weighted by atomic mass is 9.89. The average Bonchev–Trinajstić information content (AvgIpc) is 3.21. The highest BCUT2D eigenvalue weighted by Crippen LogP contribution is 2.27. The summed E-state index contributed by atoms with van der Waals surface area (Å²) in [6.45, 7) is 5.81. The van der Waals surface area contributed by atoms with Gasteiger partial charge in [-0.25, -0.2) is 4.57 Å². The summed E-state index contributed by atoms with van der Waals surface area (Å²) in [4.78, 5) is 22.9. The van der Waals surface area contributed by atoms with Crippen molar-refractivity contribution in [3.63, 3.8) is 0 Å². The van der Waals surface area contributed by atoms with E-state index in [-0.39, 0.29) is 12.1 Å². The maximum atomic E-state index is 12.0. The van der Waals surface area contributed by atoms with Crippen LogP contribution >= 0.6 is 0 Å². The van der Waals surface area contributed by atoms with E-state index in [4.69, 9.17) is 9.84 Å². The van der Waals surface area contributed by atoms with Crippen LogP contribution < -0.4 is 9.88 Å². The number of carboxylic acid groups (broad SMARTS) is 1. The number of hydrogen-bond acceptors (Lipinski definition) is 4. The van der Waals surface area contributed by atoms with Gasteiger partial charge in [0.25, 0.3) is 0 Å². The number of nitrogens with zero attached hydrogens (tertiary/aromatic N) is 1. The van der Waals surface area contributed by atoms with E-state index < -0.39 is 12.0 Å². The van der Waals surface area contributed by atoms with Crippen LogP contribution in [0.3, 0.4) is 0 Å². The molecule has 0 bridgehead atoms. The van der Waals surface area contributed by atoms with Crippen molar-refractivity contribution in [3.8, 4) is 0 Å². The summed E-state index contributed by atoms with van der Waals surface area (Å²) in [7, 11) is 0. The number of aromatic nitrogens is 1. The Kier molecular flexibility index (Phi) is 10.8. The number of carboxylic acids is 1. The van der Waals surface area contributed by atoms with Crippen molar-refractivity contribution in [3.05, 3.63) is 30.1 Å². The van der Waals surface area contributed by atoms with Gasteiger partial charge in [0.05, 0.1) is 0 Å². The Morgan fingerprint density at radius 3 is 2.37 bits per heavy atom. The van der Waals surface area contributed by atoms with Crippen LogP contribution in [0.25, 0.3) is 0 Å². The third kappa shape index (κ3) is 8.42. The number of carbonyl (C=O) groups excluding carboxylic acids is 1. The minimum Gasteiger partial charge on any atom is -0.480 e. The quantitative estimate of drug-likeness (QED) is 0.271. The standard InChI is InChI=1S/C24H38N2O4/c1-3-5-9-19(10-6-4-2)20-12-15-26(16-13-20)14-8-7-11-23(27)30-21-17-22(24(28)29)25-18-21/h12-13,15-16,19,21-22,25H,3-11,14,17-18H2,1-2H3/p+1/t21-,22+/m1/s1. The molecule has 2 rings (SSSR count). The molecule has 0 radical (unpaired) electrons. The lowest BCUT2D eigenvalue weighted by molar-refractivity contribution is -0.697. The van der Waals surface area contributed by atoms with Gasteiger partial charge in [0, 0.05) is 37.9 Å². The van der Waals surface area contributed by atoms with Gasteiger partial charge in [0.15, 0.2) is 12.4 Å². The van der Waals surface area contributed by atoms with Crippen LogP contribution in [0.15, 0.2) is 24.5 Å². The van der Waals surface area contributed by atoms with E-state index in [1.165, 1.54) is 44.1 Å². The van der Waals surface area contributed by atoms with Crippen LogP contribution in [0.1, 0.15) is 89.5 Å². The molecule has 1 fully saturated rings. The first-order valence-electron chi connectivity index (χ1n) is 11.7. The molecule has 2 N–H and O–H groups in total. The fourth-order valence-electron chi connectivity index (χ4n) is 4.06. The maximum Gasteiger partial charge on any atom is 0.320 e. The van der Waals surface area contributed by atoms with Crippen LogP contribution in [0.5, 0.6) is 0 Å². The molecule has 6 heteroatoms. The molecule has 1 aromatic rings. The Hall–Kier alpha value is -1.95. The van der Waals surface area contributed by atoms with Gasteiger partial charge in [-0.2, -0.15) is 0 Å². The molecule has 168 valence electrons. The molecule has 30 heavy (non-hydrogen) atoms. The molecule has 0 unspecified atom stereocenters. The highest BCUT2D eigenvalue weighted by molar-refractivity contribution is 5.74. The van der Waals surface area contributed by atoms with Crippen LogP contribution in [-0.2, 0) is 20.9 Å². The van der Waals surface area contributed by atoms with Gasteiger partial charge >= 0.3 is 11.9 Å². The summed E-state index contributed by atoms with van der Waals surface area (Å²) >= 11 is 0. The van der Waals surface area contributed by atoms with Gasteiger partial charge in [0.2, 0.25) is 0 Å². The lowest BCUT2D eigenvalue weighted by Gasteiger charge is -2.16. The predicted octanol–water partition coefficient (Wildman–Crippen LogP) is 3.97. The van der Waals surface area contributed by atoms with E-state index in [0.29, 0.717) is 25.3 Å². The Bertz CT molecular complexity index is 639. The average molecular weight is 420 g/mol. The number of rotatable bonds is 14. The molecule has 2 heterocycles. The number of ether oxygens (including phenoxy) is 1. The molecule has 0 saturated carbocycles. The summed E-state index contributed by atoms with van der Waals surface area (Å²) in [6.07, 6.45) is 14.0. The topological polar surface area (TPSA) is 79.5 Å². The highest BCUT2D eigenvalue weighted by Gasteiger charge is 2.31. The Labute approximate surface area is 181 Å². The number of hydrogen-bond donors (Lipinski definition) is 2. The van der Waals surface area contributed by atoms with E-state index in [1.807, 2.05) is 0 Å². The molecule has 1 saturated heterocycles. The van der Waals surface area contributed by atoms with Crippen molar-refractivity contribution in [2.24, 2.45) is 0 Å². The van der Waals surface area contributed by atoms with E-state index in [9.17, 15) is 9.59 Å². The zero-order valence-corrected chi connectivity index (χ0v) is 18.6. The number of pyridine rings is 1. The van der Waals surface area contributed by atoms with Crippen molar-refractivity contribution in [1.82, 2.24) is 5.32 Å². The van der Waals surface area contributed by atoms with Crippen molar-refractivity contribution in [1.29, 1.82) is 0 Å². The molecule has 0 aromatic carbocycles. The summed E-state index contributed by atoms with van der Waals surface area (Å²) in [5.74, 6) is -0.457. The second-order valence-electron chi connectivity index (χ2n) is 8.45. The zero-order chi connectivity index (χ0) is 21.8. The second-order valence-corrected chi connectivity index (χ2v) is 8.45. The largest absolute Gasteiger partial charge is 0.480 e. The van der Waals surface area contributed by atoms with Gasteiger partial charge in [-0.15, -0.1) is 0 Å². The summed E-state index contributed by atoms with van der Waals surface area (Å²) < 4.78 is 7.56. The Morgan fingerprint density at radius 2 is 1.80 bits per heavy atom. The van der Waals surface area contributed by atoms with Crippen LogP contribution in [0, 0.1) is 0 Å². The Balaban J connectivity index is 1.68. The molecule has 0 aliphatic carbocycles. The van der Waals surface area contributed by atoms with E-state index in [0.717, 1.165) is 19.4 Å². The molecular formula is C24H39N2O4+. The van der Waals surface area contributed by atoms with Crippen molar-refractivity contribution in [2.75, 3.05) is 6.54 Å². The van der Waals surface area contributed by atoms with Gasteiger partial charge in [0.1, 0.15) is 18.7 Å². The zero-order valence-electron chi connectivity index (χ0n) is 18.6. The predicted molar refractivity (Wildman–Crippen MR) is 116 cm³/mol. The van der Waals surface area contributed by atoms with Crippen molar-refractivity contribution >= 4 is 11.9 Å². The normalized spacial score (nSPS) is 18.6. The molecule has 1 aromatic heterocycles. The number of nitrogens with one attached hydrogen (secondary N) is 1. The van der Waals surface area contributed by atoms with Gasteiger partial charge in [-0.3, -0.25) is 9.59 Å². The fraction of sp³-hybridized carbons (Fsp3) is 0.708. The summed E-state index contributed by atoms with van der Waals surface area (Å²) in [5, 5.41) is 11.8. The highest BCUT2D eigenvalue weighted by atomic mass is 16.5. The molecule has 1 aliphatic heterocycles. The van der Waals surface area contributed by atoms with Gasteiger partial charge in [-0.05, 0) is 30.7 Å². The first kappa shape index (κ1) is 24.3. The SMILES string of the molecule is CCCCC(CCCC)c1cc[n+](CCCCC(=O)O[C@H]2CN[C@H](C(=O)O)C2)cc1. The number of carbonyl (C=O) groups is 2. The first-order chi connectivity index (χ1) is 14.5. The van der Waals surface area contributed by atoms with Crippen LogP contribution in [0.2, 0.25) is 0 Å². The smallest absolute Gasteiger partial charge is 0.320 e. The number of unbranched alkanes of at least 4 members (excludes halogenated alkanes) is 3. The molecule has 0 spiro atoms. The minimum absolute atomic E-state index is 0.233. The van der Waals surface area contributed by atoms with Crippen molar-refractivity contribution in [2.45, 2.75) is 103 Å². The van der Waals surface area contributed by atoms with E-state index in [2.05, 4.69) is 48.3 Å². The first-order valence-corrected chi connectivity index (χ1v) is 11.7. The van der Waals surface area contributed by atoms with Gasteiger partial charge in [-0.1, -0.05) is 39.5 Å². The van der Waals surface area contributed by atoms with Crippen LogP contribution in [0.4, 0.5) is 0 Å². The number of aliphatic carboxylic acids is 1. The molecule has 2 atom stereocenters. The minimum atomic E-state index is -0.890. The van der Waals surface area contributed by atoms with E-state index >= 15 is 0 Å². The monoisotopic (exact) mass is 419 g/mol. The van der Waals surface area contributed by atoms with Gasteiger partial charge < -0.3 is 15.2 Å².